The van der Waals surface area contributed by atoms with Crippen molar-refractivity contribution in [2.45, 2.75) is 24.9 Å². The van der Waals surface area contributed by atoms with Gasteiger partial charge in [0, 0.05) is 12.1 Å². The first-order valence-electron chi connectivity index (χ1n) is 2.48. The number of nitrogens with one attached hydrogen (secondary N) is 1. The van der Waals surface area contributed by atoms with Crippen LogP contribution in [0.4, 0.5) is 0 Å². The first-order chi connectivity index (χ1) is 3.33. The van der Waals surface area contributed by atoms with Gasteiger partial charge >= 0.3 is 0 Å². The molecule has 0 saturated heterocycles. The van der Waals surface area contributed by atoms with E-state index in [1.807, 2.05) is 0 Å². The summed E-state index contributed by atoms with van der Waals surface area (Å²) in [6.45, 7) is 0. The van der Waals surface area contributed by atoms with Crippen molar-refractivity contribution in [2.75, 3.05) is 0 Å². The van der Waals surface area contributed by atoms with Crippen LogP contribution in [0.5, 0.6) is 0 Å². The van der Waals surface area contributed by atoms with Gasteiger partial charge in [-0.1, -0.05) is 0 Å². The van der Waals surface area contributed by atoms with Gasteiger partial charge in [0.05, 0.1) is 0 Å². The van der Waals surface area contributed by atoms with Gasteiger partial charge in [-0.25, -0.2) is 5.48 Å². The molecule has 3 nitrogen and oxygen atoms in total. The Morgan fingerprint density at radius 2 is 2.14 bits per heavy atom. The van der Waals surface area contributed by atoms with E-state index in [0.717, 1.165) is 12.8 Å². The van der Waals surface area contributed by atoms with Crippen molar-refractivity contribution in [3.05, 3.63) is 0 Å². The summed E-state index contributed by atoms with van der Waals surface area (Å²) in [4.78, 5) is 0. The van der Waals surface area contributed by atoms with Gasteiger partial charge in [-0.05, 0) is 12.8 Å². The van der Waals surface area contributed by atoms with E-state index < -0.39 is 0 Å². The van der Waals surface area contributed by atoms with Gasteiger partial charge in [-0.15, -0.1) is 0 Å². The third kappa shape index (κ3) is 0.907. The monoisotopic (exact) mass is 102 g/mol. The zero-order chi connectivity index (χ0) is 5.28. The molecule has 0 radical (unpaired) electrons. The fourth-order valence-corrected chi connectivity index (χ4v) is 0.767. The van der Waals surface area contributed by atoms with Crippen LogP contribution in [-0.2, 0) is 0 Å². The molecule has 0 aliphatic heterocycles. The average Bonchev–Trinajstić information content (AvgIpc) is 1.58. The second-order valence-corrected chi connectivity index (χ2v) is 2.06. The van der Waals surface area contributed by atoms with Crippen molar-refractivity contribution in [1.82, 2.24) is 5.48 Å². The van der Waals surface area contributed by atoms with Crippen molar-refractivity contribution >= 4 is 0 Å². The molecular weight excluding hydrogens is 92.1 g/mol. The molecule has 1 saturated carbocycles. The van der Waals surface area contributed by atoms with Crippen LogP contribution in [0.25, 0.3) is 0 Å². The predicted molar refractivity (Wildman–Crippen MR) is 25.9 cm³/mol. The molecule has 0 spiro atoms. The molecule has 0 unspecified atom stereocenters. The Bertz CT molecular complexity index is 60.7. The van der Waals surface area contributed by atoms with Crippen LogP contribution < -0.4 is 11.2 Å². The largest absolute Gasteiger partial charge is 0.328 e. The molecule has 0 heterocycles. The van der Waals surface area contributed by atoms with Gasteiger partial charge in [-0.3, -0.25) is 0 Å². The van der Waals surface area contributed by atoms with E-state index in [9.17, 15) is 0 Å². The Labute approximate surface area is 42.5 Å². The molecule has 4 N–H and O–H groups in total. The SMILES string of the molecule is NC1CC(NO)C1. The third-order valence-electron chi connectivity index (χ3n) is 1.36. The summed E-state index contributed by atoms with van der Waals surface area (Å²) in [7, 11) is 0. The lowest BCUT2D eigenvalue weighted by Crippen LogP contribution is -2.47. The molecule has 0 aromatic carbocycles. The summed E-state index contributed by atoms with van der Waals surface area (Å²) >= 11 is 0. The standard InChI is InChI=1S/C4H10N2O/c5-3-1-4(2-3)6-7/h3-4,6-7H,1-2,5H2. The fourth-order valence-electron chi connectivity index (χ4n) is 0.767. The highest BCUT2D eigenvalue weighted by molar-refractivity contribution is 4.84. The molecule has 42 valence electrons. The Morgan fingerprint density at radius 3 is 2.29 bits per heavy atom. The topological polar surface area (TPSA) is 58.3 Å². The van der Waals surface area contributed by atoms with E-state index in [-0.39, 0.29) is 6.04 Å². The van der Waals surface area contributed by atoms with Gasteiger partial charge in [0.25, 0.3) is 0 Å². The van der Waals surface area contributed by atoms with Gasteiger partial charge in [0.15, 0.2) is 0 Å². The second kappa shape index (κ2) is 1.78. The van der Waals surface area contributed by atoms with Crippen molar-refractivity contribution in [3.63, 3.8) is 0 Å². The van der Waals surface area contributed by atoms with E-state index in [4.69, 9.17) is 10.9 Å². The van der Waals surface area contributed by atoms with E-state index in [1.54, 1.807) is 0 Å². The number of hydrogen-bond donors (Lipinski definition) is 3. The summed E-state index contributed by atoms with van der Waals surface area (Å²) in [6.07, 6.45) is 1.83. The molecule has 3 heteroatoms. The molecule has 0 amide bonds. The van der Waals surface area contributed by atoms with Gasteiger partial charge in [-0.2, -0.15) is 0 Å². The predicted octanol–water partition coefficient (Wildman–Crippen LogP) is -0.545. The van der Waals surface area contributed by atoms with Gasteiger partial charge in [0.1, 0.15) is 0 Å². The molecule has 1 rings (SSSR count). The van der Waals surface area contributed by atoms with Crippen molar-refractivity contribution in [1.29, 1.82) is 0 Å². The first-order valence-corrected chi connectivity index (χ1v) is 2.48. The zero-order valence-electron chi connectivity index (χ0n) is 4.09. The van der Waals surface area contributed by atoms with Crippen LogP contribution >= 0.6 is 0 Å². The molecule has 1 aliphatic rings. The minimum Gasteiger partial charge on any atom is -0.328 e. The van der Waals surface area contributed by atoms with Gasteiger partial charge < -0.3 is 10.9 Å². The molecular formula is C4H10N2O. The maximum absolute atomic E-state index is 8.20. The third-order valence-corrected chi connectivity index (χ3v) is 1.36. The normalized spacial score (nSPS) is 40.3. The number of hydroxylamine groups is 1. The lowest BCUT2D eigenvalue weighted by atomic mass is 9.88. The molecule has 0 aromatic rings. The lowest BCUT2D eigenvalue weighted by Gasteiger charge is -2.30. The highest BCUT2D eigenvalue weighted by Crippen LogP contribution is 2.15. The quantitative estimate of drug-likeness (QED) is 0.389. The van der Waals surface area contributed by atoms with E-state index in [2.05, 4.69) is 5.48 Å². The van der Waals surface area contributed by atoms with E-state index in [0.29, 0.717) is 6.04 Å². The summed E-state index contributed by atoms with van der Waals surface area (Å²) < 4.78 is 0. The van der Waals surface area contributed by atoms with Crippen LogP contribution in [0, 0.1) is 0 Å². The molecule has 1 aliphatic carbocycles. The Balaban J connectivity index is 2.06. The summed E-state index contributed by atoms with van der Waals surface area (Å²) in [5.41, 5.74) is 7.55. The van der Waals surface area contributed by atoms with E-state index in [1.165, 1.54) is 0 Å². The molecule has 0 bridgehead atoms. The summed E-state index contributed by atoms with van der Waals surface area (Å²) in [5, 5.41) is 8.20. The van der Waals surface area contributed by atoms with Crippen LogP contribution in [0.2, 0.25) is 0 Å². The average molecular weight is 102 g/mol. The Hall–Kier alpha value is -0.120. The van der Waals surface area contributed by atoms with Crippen molar-refractivity contribution in [2.24, 2.45) is 5.73 Å². The highest BCUT2D eigenvalue weighted by Gasteiger charge is 2.24. The smallest absolute Gasteiger partial charge is 0.0349 e. The number of nitrogens with two attached hydrogens (primary N) is 1. The fraction of sp³-hybridized carbons (Fsp3) is 1.00. The second-order valence-electron chi connectivity index (χ2n) is 2.06. The first kappa shape index (κ1) is 5.03. The molecule has 7 heavy (non-hydrogen) atoms. The van der Waals surface area contributed by atoms with Gasteiger partial charge in [0.2, 0.25) is 0 Å². The van der Waals surface area contributed by atoms with E-state index >= 15 is 0 Å². The van der Waals surface area contributed by atoms with Crippen molar-refractivity contribution in [3.8, 4) is 0 Å². The highest BCUT2D eigenvalue weighted by atomic mass is 16.5. The van der Waals surface area contributed by atoms with Crippen LogP contribution in [0.1, 0.15) is 12.8 Å². The molecule has 0 aromatic heterocycles. The lowest BCUT2D eigenvalue weighted by molar-refractivity contribution is 0.0795. The minimum atomic E-state index is 0.273. The number of rotatable bonds is 1. The van der Waals surface area contributed by atoms with Crippen LogP contribution in [0.3, 0.4) is 0 Å². The molecule has 1 fully saturated rings. The maximum atomic E-state index is 8.20. The minimum absolute atomic E-state index is 0.273. The maximum Gasteiger partial charge on any atom is 0.0349 e. The summed E-state index contributed by atoms with van der Waals surface area (Å²) in [5.74, 6) is 0. The zero-order valence-corrected chi connectivity index (χ0v) is 4.09. The van der Waals surface area contributed by atoms with Crippen molar-refractivity contribution < 1.29 is 5.21 Å². The Morgan fingerprint density at radius 1 is 1.57 bits per heavy atom. The number of hydrogen-bond acceptors (Lipinski definition) is 3. The Kier molecular flexibility index (Phi) is 1.27. The molecule has 0 atom stereocenters. The van der Waals surface area contributed by atoms with Crippen LogP contribution in [-0.4, -0.2) is 17.3 Å². The summed E-state index contributed by atoms with van der Waals surface area (Å²) in [6, 6.07) is 0.597. The van der Waals surface area contributed by atoms with Crippen LogP contribution in [0.15, 0.2) is 0 Å².